The monoisotopic (exact) mass is 502 g/mol. The summed E-state index contributed by atoms with van der Waals surface area (Å²) >= 11 is 4.02. The molecule has 1 rings (SSSR count). The molecule has 1 N–H and O–H groups in total. The first-order valence-electron chi connectivity index (χ1n) is 6.91. The van der Waals surface area contributed by atoms with E-state index in [9.17, 15) is 9.90 Å². The highest BCUT2D eigenvalue weighted by atomic mass is 127. The molecule has 112 valence electrons. The molecule has 5 heteroatoms. The normalized spacial score (nSPS) is 10.6. The molecule has 20 heavy (non-hydrogen) atoms. The maximum Gasteiger partial charge on any atom is 0.338 e. The number of benzene rings is 1. The molecule has 0 bridgehead atoms. The van der Waals surface area contributed by atoms with Crippen LogP contribution in [0.25, 0.3) is 0 Å². The van der Waals surface area contributed by atoms with Gasteiger partial charge in [0, 0.05) is 0 Å². The van der Waals surface area contributed by atoms with Crippen molar-refractivity contribution in [2.75, 3.05) is 6.61 Å². The number of carbonyl (C=O) groups excluding carboxylic acids is 1. The SMILES string of the molecule is CCCCCCCCOC(=O)c1cc(I)c(O)c(I)c1. The van der Waals surface area contributed by atoms with E-state index >= 15 is 0 Å². The van der Waals surface area contributed by atoms with Gasteiger partial charge >= 0.3 is 5.97 Å². The summed E-state index contributed by atoms with van der Waals surface area (Å²) in [6, 6.07) is 3.31. The number of hydrogen-bond donors (Lipinski definition) is 1. The van der Waals surface area contributed by atoms with Gasteiger partial charge in [0.15, 0.2) is 0 Å². The van der Waals surface area contributed by atoms with Gasteiger partial charge in [-0.2, -0.15) is 0 Å². The third kappa shape index (κ3) is 6.15. The number of unbranched alkanes of at least 4 members (excludes halogenated alkanes) is 5. The molecule has 0 saturated heterocycles. The average Bonchev–Trinajstić information content (AvgIpc) is 2.43. The van der Waals surface area contributed by atoms with Crippen LogP contribution in [-0.2, 0) is 4.74 Å². The fourth-order valence-electron chi connectivity index (χ4n) is 1.81. The maximum absolute atomic E-state index is 11.9. The number of aromatic hydroxyl groups is 1. The largest absolute Gasteiger partial charge is 0.506 e. The van der Waals surface area contributed by atoms with Crippen molar-refractivity contribution >= 4 is 51.2 Å². The molecular formula is C15H20I2O3. The molecule has 0 unspecified atom stereocenters. The zero-order valence-corrected chi connectivity index (χ0v) is 15.9. The molecule has 0 aromatic heterocycles. The first kappa shape index (κ1) is 18.0. The Kier molecular flexibility index (Phi) is 8.83. The molecule has 1 aromatic carbocycles. The van der Waals surface area contributed by atoms with Crippen LogP contribution in [0.3, 0.4) is 0 Å². The zero-order chi connectivity index (χ0) is 15.0. The summed E-state index contributed by atoms with van der Waals surface area (Å²) in [4.78, 5) is 11.9. The molecule has 0 aliphatic heterocycles. The van der Waals surface area contributed by atoms with Gasteiger partial charge in [-0.3, -0.25) is 0 Å². The molecule has 3 nitrogen and oxygen atoms in total. The van der Waals surface area contributed by atoms with Crippen LogP contribution in [0.15, 0.2) is 12.1 Å². The molecule has 0 aliphatic carbocycles. The number of halogens is 2. The molecule has 0 saturated carbocycles. The van der Waals surface area contributed by atoms with E-state index in [0.29, 0.717) is 19.3 Å². The highest BCUT2D eigenvalue weighted by Gasteiger charge is 2.12. The number of hydrogen-bond acceptors (Lipinski definition) is 3. The van der Waals surface area contributed by atoms with Crippen LogP contribution in [0.5, 0.6) is 5.75 Å². The van der Waals surface area contributed by atoms with Crippen LogP contribution in [0, 0.1) is 7.14 Å². The summed E-state index contributed by atoms with van der Waals surface area (Å²) in [7, 11) is 0. The van der Waals surface area contributed by atoms with E-state index in [1.165, 1.54) is 25.7 Å². The van der Waals surface area contributed by atoms with Crippen molar-refractivity contribution < 1.29 is 14.6 Å². The lowest BCUT2D eigenvalue weighted by atomic mass is 10.1. The van der Waals surface area contributed by atoms with E-state index in [-0.39, 0.29) is 11.7 Å². The van der Waals surface area contributed by atoms with Gasteiger partial charge in [0.05, 0.1) is 19.3 Å². The van der Waals surface area contributed by atoms with Gasteiger partial charge in [0.25, 0.3) is 0 Å². The molecule has 0 atom stereocenters. The van der Waals surface area contributed by atoms with Crippen LogP contribution in [0.4, 0.5) is 0 Å². The Balaban J connectivity index is 2.33. The van der Waals surface area contributed by atoms with Gasteiger partial charge in [-0.05, 0) is 63.7 Å². The number of phenols is 1. The third-order valence-corrected chi connectivity index (χ3v) is 4.63. The van der Waals surface area contributed by atoms with E-state index in [2.05, 4.69) is 6.92 Å². The number of esters is 1. The summed E-state index contributed by atoms with van der Waals surface area (Å²) in [6.45, 7) is 2.67. The first-order valence-corrected chi connectivity index (χ1v) is 9.07. The van der Waals surface area contributed by atoms with Crippen LogP contribution < -0.4 is 0 Å². The number of phenolic OH excluding ortho intramolecular Hbond substituents is 1. The Labute approximate surface area is 147 Å². The Morgan fingerprint density at radius 3 is 2.25 bits per heavy atom. The highest BCUT2D eigenvalue weighted by molar-refractivity contribution is 14.1. The van der Waals surface area contributed by atoms with Crippen molar-refractivity contribution in [2.24, 2.45) is 0 Å². The number of carbonyl (C=O) groups is 1. The van der Waals surface area contributed by atoms with E-state index in [4.69, 9.17) is 4.74 Å². The molecule has 0 radical (unpaired) electrons. The van der Waals surface area contributed by atoms with Crippen LogP contribution in [0.1, 0.15) is 55.8 Å². The zero-order valence-electron chi connectivity index (χ0n) is 11.6. The smallest absolute Gasteiger partial charge is 0.338 e. The predicted octanol–water partition coefficient (Wildman–Crippen LogP) is 5.12. The summed E-state index contributed by atoms with van der Waals surface area (Å²) in [5.41, 5.74) is 0.502. The fraction of sp³-hybridized carbons (Fsp3) is 0.533. The quantitative estimate of drug-likeness (QED) is 0.305. The van der Waals surface area contributed by atoms with Crippen molar-refractivity contribution in [2.45, 2.75) is 45.4 Å². The topological polar surface area (TPSA) is 46.5 Å². The predicted molar refractivity (Wildman–Crippen MR) is 97.2 cm³/mol. The van der Waals surface area contributed by atoms with Crippen molar-refractivity contribution in [3.8, 4) is 5.75 Å². The van der Waals surface area contributed by atoms with Gasteiger partial charge < -0.3 is 9.84 Å². The lowest BCUT2D eigenvalue weighted by Crippen LogP contribution is -2.07. The Morgan fingerprint density at radius 1 is 1.10 bits per heavy atom. The minimum atomic E-state index is -0.311. The average molecular weight is 502 g/mol. The Bertz CT molecular complexity index is 424. The molecule has 0 spiro atoms. The maximum atomic E-state index is 11.9. The summed E-state index contributed by atoms with van der Waals surface area (Å²) in [5.74, 6) is -0.0898. The third-order valence-electron chi connectivity index (χ3n) is 2.98. The molecule has 0 fully saturated rings. The van der Waals surface area contributed by atoms with Gasteiger partial charge in [0.1, 0.15) is 5.75 Å². The van der Waals surface area contributed by atoms with Crippen molar-refractivity contribution in [1.29, 1.82) is 0 Å². The van der Waals surface area contributed by atoms with Crippen molar-refractivity contribution in [1.82, 2.24) is 0 Å². The van der Waals surface area contributed by atoms with E-state index in [1.54, 1.807) is 12.1 Å². The van der Waals surface area contributed by atoms with Crippen LogP contribution in [-0.4, -0.2) is 17.7 Å². The number of rotatable bonds is 8. The molecule has 1 aromatic rings. The lowest BCUT2D eigenvalue weighted by molar-refractivity contribution is 0.0497. The van der Waals surface area contributed by atoms with E-state index in [0.717, 1.165) is 12.8 Å². The van der Waals surface area contributed by atoms with Crippen LogP contribution >= 0.6 is 45.2 Å². The second-order valence-electron chi connectivity index (χ2n) is 4.69. The number of ether oxygens (including phenoxy) is 1. The van der Waals surface area contributed by atoms with E-state index < -0.39 is 0 Å². The molecular weight excluding hydrogens is 482 g/mol. The molecule has 0 aliphatic rings. The Hall–Kier alpha value is -0.0500. The van der Waals surface area contributed by atoms with Gasteiger partial charge in [0.2, 0.25) is 0 Å². The minimum absolute atomic E-state index is 0.221. The summed E-state index contributed by atoms with van der Waals surface area (Å²) in [6.07, 6.45) is 7.02. The minimum Gasteiger partial charge on any atom is -0.506 e. The second kappa shape index (κ2) is 9.81. The molecule has 0 heterocycles. The first-order chi connectivity index (χ1) is 9.56. The Morgan fingerprint density at radius 2 is 1.65 bits per heavy atom. The second-order valence-corrected chi connectivity index (χ2v) is 7.02. The standard InChI is InChI=1S/C15H20I2O3/c1-2-3-4-5-6-7-8-20-15(19)11-9-12(16)14(18)13(17)10-11/h9-10,18H,2-8H2,1H3. The van der Waals surface area contributed by atoms with Gasteiger partial charge in [-0.1, -0.05) is 39.0 Å². The lowest BCUT2D eigenvalue weighted by Gasteiger charge is -2.07. The fourth-order valence-corrected chi connectivity index (χ4v) is 3.58. The summed E-state index contributed by atoms with van der Waals surface area (Å²) in [5, 5.41) is 9.66. The summed E-state index contributed by atoms with van der Waals surface area (Å²) < 4.78 is 6.59. The van der Waals surface area contributed by atoms with Gasteiger partial charge in [-0.25, -0.2) is 4.79 Å². The van der Waals surface area contributed by atoms with Crippen molar-refractivity contribution in [3.05, 3.63) is 24.8 Å². The molecule has 0 amide bonds. The van der Waals surface area contributed by atoms with Gasteiger partial charge in [-0.15, -0.1) is 0 Å². The van der Waals surface area contributed by atoms with E-state index in [1.807, 2.05) is 45.2 Å². The highest BCUT2D eigenvalue weighted by Crippen LogP contribution is 2.27. The van der Waals surface area contributed by atoms with Crippen LogP contribution in [0.2, 0.25) is 0 Å². The van der Waals surface area contributed by atoms with Crippen molar-refractivity contribution in [3.63, 3.8) is 0 Å².